The predicted octanol–water partition coefficient (Wildman–Crippen LogP) is 1.73. The van der Waals surface area contributed by atoms with Gasteiger partial charge in [0.15, 0.2) is 0 Å². The minimum atomic E-state index is -0.692. The number of benzene rings is 1. The molecule has 0 aliphatic carbocycles. The van der Waals surface area contributed by atoms with Gasteiger partial charge in [-0.3, -0.25) is 4.79 Å². The molecule has 0 saturated carbocycles. The van der Waals surface area contributed by atoms with E-state index in [2.05, 4.69) is 22.1 Å². The molecule has 6 heteroatoms. The van der Waals surface area contributed by atoms with Gasteiger partial charge in [-0.1, -0.05) is 13.0 Å². The highest BCUT2D eigenvalue weighted by Crippen LogP contribution is 2.28. The number of hydrogen-bond donors (Lipinski definition) is 4. The number of hydrogen-bond acceptors (Lipinski definition) is 5. The Bertz CT molecular complexity index is 766. The van der Waals surface area contributed by atoms with Crippen LogP contribution in [0.2, 0.25) is 0 Å². The maximum Gasteiger partial charge on any atom is 0.248 e. The number of likely N-dealkylation sites (tertiary alicyclic amines) is 1. The first kappa shape index (κ1) is 17.9. The number of nitrogens with zero attached hydrogens (tertiary/aromatic N) is 1. The van der Waals surface area contributed by atoms with E-state index in [0.29, 0.717) is 29.1 Å². The van der Waals surface area contributed by atoms with E-state index in [-0.39, 0.29) is 11.3 Å². The van der Waals surface area contributed by atoms with Crippen LogP contribution in [0.5, 0.6) is 5.75 Å². The number of aliphatic hydroxyl groups excluding tert-OH is 1. The van der Waals surface area contributed by atoms with Crippen molar-refractivity contribution in [2.24, 2.45) is 0 Å². The van der Waals surface area contributed by atoms with E-state index < -0.39 is 6.10 Å². The molecule has 1 aromatic carbocycles. The Morgan fingerprint density at radius 2 is 2.04 bits per heavy atom. The molecule has 1 fully saturated rings. The van der Waals surface area contributed by atoms with Crippen LogP contribution in [0, 0.1) is 0 Å². The zero-order valence-electron chi connectivity index (χ0n) is 14.7. The van der Waals surface area contributed by atoms with Crippen molar-refractivity contribution in [2.75, 3.05) is 26.2 Å². The molecule has 1 saturated heterocycles. The number of aromatic amines is 1. The lowest BCUT2D eigenvalue weighted by molar-refractivity contribution is 0.152. The molecular formula is C19H27N3O3. The summed E-state index contributed by atoms with van der Waals surface area (Å²) in [4.78, 5) is 16.6. The number of aromatic nitrogens is 1. The van der Waals surface area contributed by atoms with E-state index in [1.54, 1.807) is 12.1 Å². The molecule has 1 aliphatic heterocycles. The Hall–Kier alpha value is -1.89. The van der Waals surface area contributed by atoms with Crippen LogP contribution >= 0.6 is 0 Å². The maximum atomic E-state index is 11.5. The van der Waals surface area contributed by atoms with Crippen LogP contribution in [0.3, 0.4) is 0 Å². The first-order chi connectivity index (χ1) is 12.1. The van der Waals surface area contributed by atoms with Crippen molar-refractivity contribution in [1.82, 2.24) is 15.2 Å². The van der Waals surface area contributed by atoms with Gasteiger partial charge in [0.05, 0.1) is 11.6 Å². The van der Waals surface area contributed by atoms with Crippen LogP contribution in [0.4, 0.5) is 0 Å². The number of aromatic hydroxyl groups is 1. The van der Waals surface area contributed by atoms with Gasteiger partial charge in [-0.2, -0.15) is 0 Å². The number of H-pyrrole nitrogens is 1. The summed E-state index contributed by atoms with van der Waals surface area (Å²) in [6.45, 7) is 6.02. The van der Waals surface area contributed by atoms with Gasteiger partial charge in [-0.05, 0) is 56.6 Å². The Kier molecular flexibility index (Phi) is 5.73. The first-order valence-electron chi connectivity index (χ1n) is 9.07. The lowest BCUT2D eigenvalue weighted by Crippen LogP contribution is -2.43. The number of phenolic OH excluding ortho intramolecular Hbond substituents is 1. The van der Waals surface area contributed by atoms with Gasteiger partial charge < -0.3 is 25.4 Å². The molecule has 25 heavy (non-hydrogen) atoms. The molecular weight excluding hydrogens is 318 g/mol. The summed E-state index contributed by atoms with van der Waals surface area (Å²) in [5, 5.41) is 24.7. The molecule has 2 aromatic rings. The van der Waals surface area contributed by atoms with Gasteiger partial charge in [0.2, 0.25) is 5.56 Å². The molecule has 2 heterocycles. The maximum absolute atomic E-state index is 11.5. The predicted molar refractivity (Wildman–Crippen MR) is 98.9 cm³/mol. The van der Waals surface area contributed by atoms with Crippen LogP contribution in [-0.2, 0) is 0 Å². The second-order valence-electron chi connectivity index (χ2n) is 6.83. The summed E-state index contributed by atoms with van der Waals surface area (Å²) in [7, 11) is 0. The molecule has 4 N–H and O–H groups in total. The molecule has 136 valence electrons. The average Bonchev–Trinajstić information content (AvgIpc) is 2.62. The van der Waals surface area contributed by atoms with Crippen LogP contribution in [0.25, 0.3) is 10.9 Å². The number of pyridine rings is 1. The summed E-state index contributed by atoms with van der Waals surface area (Å²) in [5.41, 5.74) is 0.809. The molecule has 1 atom stereocenters. The molecule has 1 aromatic heterocycles. The van der Waals surface area contributed by atoms with Crippen LogP contribution in [0.15, 0.2) is 29.1 Å². The SMILES string of the molecule is CCCN1CCC(NCC(O)c2ccc(O)c3[nH]c(=O)ccc23)CC1. The standard InChI is InChI=1S/C19H27N3O3/c1-2-9-22-10-7-13(8-11-22)20-12-17(24)14-3-5-16(23)19-15(14)4-6-18(25)21-19/h3-6,13,17,20,23-24H,2,7-12H2,1H3,(H,21,25). The van der Waals surface area contributed by atoms with E-state index in [1.165, 1.54) is 18.6 Å². The summed E-state index contributed by atoms with van der Waals surface area (Å²) >= 11 is 0. The molecule has 0 spiro atoms. The lowest BCUT2D eigenvalue weighted by Gasteiger charge is -2.32. The van der Waals surface area contributed by atoms with Gasteiger partial charge in [0.25, 0.3) is 0 Å². The third-order valence-electron chi connectivity index (χ3n) is 4.99. The summed E-state index contributed by atoms with van der Waals surface area (Å²) < 4.78 is 0. The average molecular weight is 345 g/mol. The monoisotopic (exact) mass is 345 g/mol. The van der Waals surface area contributed by atoms with Crippen molar-refractivity contribution >= 4 is 10.9 Å². The molecule has 0 bridgehead atoms. The van der Waals surface area contributed by atoms with E-state index in [1.807, 2.05) is 0 Å². The topological polar surface area (TPSA) is 88.6 Å². The second-order valence-corrected chi connectivity index (χ2v) is 6.83. The summed E-state index contributed by atoms with van der Waals surface area (Å²) in [6.07, 6.45) is 2.68. The molecule has 0 amide bonds. The largest absolute Gasteiger partial charge is 0.506 e. The number of rotatable bonds is 6. The summed E-state index contributed by atoms with van der Waals surface area (Å²) in [6, 6.07) is 6.71. The van der Waals surface area contributed by atoms with Crippen molar-refractivity contribution < 1.29 is 10.2 Å². The third kappa shape index (κ3) is 4.21. The third-order valence-corrected chi connectivity index (χ3v) is 4.99. The number of fused-ring (bicyclic) bond motifs is 1. The van der Waals surface area contributed by atoms with Crippen molar-refractivity contribution in [3.05, 3.63) is 40.2 Å². The molecule has 0 radical (unpaired) electrons. The molecule has 6 nitrogen and oxygen atoms in total. The minimum absolute atomic E-state index is 0.0138. The highest BCUT2D eigenvalue weighted by Gasteiger charge is 2.20. The quantitative estimate of drug-likeness (QED) is 0.640. The van der Waals surface area contributed by atoms with Crippen molar-refractivity contribution in [1.29, 1.82) is 0 Å². The number of piperidine rings is 1. The molecule has 1 unspecified atom stereocenters. The Morgan fingerprint density at radius 3 is 2.76 bits per heavy atom. The van der Waals surface area contributed by atoms with Crippen molar-refractivity contribution in [2.45, 2.75) is 38.3 Å². The van der Waals surface area contributed by atoms with E-state index in [4.69, 9.17) is 0 Å². The number of phenols is 1. The normalized spacial score (nSPS) is 17.8. The Balaban J connectivity index is 1.64. The highest BCUT2D eigenvalue weighted by molar-refractivity contribution is 5.87. The van der Waals surface area contributed by atoms with E-state index in [9.17, 15) is 15.0 Å². The van der Waals surface area contributed by atoms with E-state index in [0.717, 1.165) is 32.5 Å². The highest BCUT2D eigenvalue weighted by atomic mass is 16.3. The van der Waals surface area contributed by atoms with Gasteiger partial charge in [-0.15, -0.1) is 0 Å². The van der Waals surface area contributed by atoms with Gasteiger partial charge >= 0.3 is 0 Å². The minimum Gasteiger partial charge on any atom is -0.506 e. The fourth-order valence-corrected chi connectivity index (χ4v) is 3.61. The Labute approximate surface area is 147 Å². The van der Waals surface area contributed by atoms with Gasteiger partial charge in [0, 0.05) is 24.0 Å². The lowest BCUT2D eigenvalue weighted by atomic mass is 10.0. The Morgan fingerprint density at radius 1 is 1.28 bits per heavy atom. The number of aliphatic hydroxyl groups is 1. The van der Waals surface area contributed by atoms with Crippen molar-refractivity contribution in [3.8, 4) is 5.75 Å². The summed E-state index contributed by atoms with van der Waals surface area (Å²) in [5.74, 6) is 0.0138. The van der Waals surface area contributed by atoms with E-state index >= 15 is 0 Å². The zero-order valence-corrected chi connectivity index (χ0v) is 14.7. The second kappa shape index (κ2) is 7.99. The zero-order chi connectivity index (χ0) is 17.8. The van der Waals surface area contributed by atoms with Crippen LogP contribution < -0.4 is 10.9 Å². The van der Waals surface area contributed by atoms with Crippen molar-refractivity contribution in [3.63, 3.8) is 0 Å². The van der Waals surface area contributed by atoms with Crippen LogP contribution in [-0.4, -0.2) is 52.3 Å². The smallest absolute Gasteiger partial charge is 0.248 e. The first-order valence-corrected chi connectivity index (χ1v) is 9.07. The van der Waals surface area contributed by atoms with Gasteiger partial charge in [-0.25, -0.2) is 0 Å². The molecule has 3 rings (SSSR count). The fraction of sp³-hybridized carbons (Fsp3) is 0.526. The number of nitrogens with one attached hydrogen (secondary N) is 2. The van der Waals surface area contributed by atoms with Gasteiger partial charge in [0.1, 0.15) is 5.75 Å². The fourth-order valence-electron chi connectivity index (χ4n) is 3.61. The van der Waals surface area contributed by atoms with Crippen LogP contribution in [0.1, 0.15) is 37.9 Å². The molecule has 1 aliphatic rings.